The lowest BCUT2D eigenvalue weighted by Crippen LogP contribution is -1.76. The Morgan fingerprint density at radius 3 is 3.00 bits per heavy atom. The monoisotopic (exact) mass is 223 g/mol. The maximum absolute atomic E-state index is 6.05. The first kappa shape index (κ1) is 8.15. The number of benzene rings is 1. The van der Waals surface area contributed by atoms with Crippen molar-refractivity contribution in [3.63, 3.8) is 0 Å². The Kier molecular flexibility index (Phi) is 1.54. The molecule has 70 valence electrons. The van der Waals surface area contributed by atoms with E-state index in [-0.39, 0.29) is 0 Å². The molecule has 0 saturated carbocycles. The standard InChI is InChI=1S/C10H6ClNOS/c11-7-6-2-1-5-3-4-13-8(5)9(6)14-10(7)12/h1-4H,12H2. The Morgan fingerprint density at radius 2 is 2.14 bits per heavy atom. The molecule has 0 aliphatic carbocycles. The molecular weight excluding hydrogens is 218 g/mol. The van der Waals surface area contributed by atoms with E-state index in [0.29, 0.717) is 10.0 Å². The Morgan fingerprint density at radius 1 is 1.29 bits per heavy atom. The second kappa shape index (κ2) is 2.65. The number of anilines is 1. The molecule has 2 N–H and O–H groups in total. The topological polar surface area (TPSA) is 39.2 Å². The average molecular weight is 224 g/mol. The minimum absolute atomic E-state index is 0.628. The normalized spacial score (nSPS) is 11.5. The highest BCUT2D eigenvalue weighted by Gasteiger charge is 2.11. The van der Waals surface area contributed by atoms with Crippen molar-refractivity contribution in [3.05, 3.63) is 29.5 Å². The fourth-order valence-electron chi connectivity index (χ4n) is 1.57. The van der Waals surface area contributed by atoms with E-state index in [0.717, 1.165) is 21.1 Å². The van der Waals surface area contributed by atoms with E-state index in [4.69, 9.17) is 21.8 Å². The van der Waals surface area contributed by atoms with Crippen LogP contribution in [0.25, 0.3) is 21.1 Å². The van der Waals surface area contributed by atoms with Crippen molar-refractivity contribution < 1.29 is 4.42 Å². The number of furan rings is 1. The average Bonchev–Trinajstić information content (AvgIpc) is 2.73. The van der Waals surface area contributed by atoms with Crippen LogP contribution in [0.2, 0.25) is 5.02 Å². The summed E-state index contributed by atoms with van der Waals surface area (Å²) in [6.07, 6.45) is 1.67. The van der Waals surface area contributed by atoms with E-state index >= 15 is 0 Å². The number of halogens is 1. The van der Waals surface area contributed by atoms with Gasteiger partial charge in [-0.05, 0) is 6.07 Å². The minimum atomic E-state index is 0.628. The number of fused-ring (bicyclic) bond motifs is 3. The number of nitrogen functional groups attached to an aromatic ring is 1. The molecular formula is C10H6ClNOS. The van der Waals surface area contributed by atoms with Gasteiger partial charge in [0.25, 0.3) is 0 Å². The van der Waals surface area contributed by atoms with Gasteiger partial charge in [0, 0.05) is 10.8 Å². The molecule has 3 rings (SSSR count). The molecule has 0 aliphatic heterocycles. The summed E-state index contributed by atoms with van der Waals surface area (Å²) in [6, 6.07) is 5.89. The highest BCUT2D eigenvalue weighted by atomic mass is 35.5. The Balaban J connectivity index is 2.63. The molecule has 0 saturated heterocycles. The number of nitrogens with two attached hydrogens (primary N) is 1. The van der Waals surface area contributed by atoms with Crippen LogP contribution in [0.1, 0.15) is 0 Å². The van der Waals surface area contributed by atoms with Crippen molar-refractivity contribution in [1.82, 2.24) is 0 Å². The second-order valence-electron chi connectivity index (χ2n) is 3.06. The van der Waals surface area contributed by atoms with Gasteiger partial charge in [0.2, 0.25) is 0 Å². The number of hydrogen-bond donors (Lipinski definition) is 1. The van der Waals surface area contributed by atoms with E-state index < -0.39 is 0 Å². The molecule has 0 bridgehead atoms. The van der Waals surface area contributed by atoms with E-state index in [1.807, 2.05) is 18.2 Å². The van der Waals surface area contributed by atoms with Gasteiger partial charge in [0.15, 0.2) is 5.58 Å². The summed E-state index contributed by atoms with van der Waals surface area (Å²) >= 11 is 7.52. The SMILES string of the molecule is Nc1sc2c(ccc3ccoc32)c1Cl. The van der Waals surface area contributed by atoms with Crippen molar-refractivity contribution in [2.24, 2.45) is 0 Å². The molecule has 2 heterocycles. The summed E-state index contributed by atoms with van der Waals surface area (Å²) in [4.78, 5) is 0. The lowest BCUT2D eigenvalue weighted by Gasteiger charge is -1.90. The summed E-state index contributed by atoms with van der Waals surface area (Å²) in [5, 5.41) is 3.32. The third kappa shape index (κ3) is 0.910. The lowest BCUT2D eigenvalue weighted by molar-refractivity contribution is 0.619. The predicted molar refractivity (Wildman–Crippen MR) is 61.0 cm³/mol. The minimum Gasteiger partial charge on any atom is -0.463 e. The molecule has 4 heteroatoms. The van der Waals surface area contributed by atoms with E-state index in [9.17, 15) is 0 Å². The van der Waals surface area contributed by atoms with Gasteiger partial charge in [-0.3, -0.25) is 0 Å². The van der Waals surface area contributed by atoms with Crippen LogP contribution in [-0.2, 0) is 0 Å². The summed E-state index contributed by atoms with van der Waals surface area (Å²) in [5.74, 6) is 0. The van der Waals surface area contributed by atoms with E-state index in [2.05, 4.69) is 0 Å². The molecule has 0 unspecified atom stereocenters. The molecule has 0 aliphatic rings. The van der Waals surface area contributed by atoms with Crippen molar-refractivity contribution in [2.75, 3.05) is 5.73 Å². The van der Waals surface area contributed by atoms with Crippen LogP contribution in [0.15, 0.2) is 28.9 Å². The van der Waals surface area contributed by atoms with E-state index in [1.54, 1.807) is 6.26 Å². The molecule has 3 aromatic rings. The van der Waals surface area contributed by atoms with Gasteiger partial charge in [-0.1, -0.05) is 23.7 Å². The molecule has 0 amide bonds. The van der Waals surface area contributed by atoms with Crippen LogP contribution in [0.4, 0.5) is 5.00 Å². The summed E-state index contributed by atoms with van der Waals surface area (Å²) in [6.45, 7) is 0. The lowest BCUT2D eigenvalue weighted by atomic mass is 10.2. The van der Waals surface area contributed by atoms with Gasteiger partial charge >= 0.3 is 0 Å². The van der Waals surface area contributed by atoms with Crippen molar-refractivity contribution in [3.8, 4) is 0 Å². The molecule has 0 fully saturated rings. The van der Waals surface area contributed by atoms with Gasteiger partial charge in [-0.25, -0.2) is 0 Å². The molecule has 1 aromatic carbocycles. The predicted octanol–water partition coefficient (Wildman–Crippen LogP) is 3.88. The summed E-state index contributed by atoms with van der Waals surface area (Å²) < 4.78 is 6.42. The van der Waals surface area contributed by atoms with Crippen molar-refractivity contribution in [2.45, 2.75) is 0 Å². The summed E-state index contributed by atoms with van der Waals surface area (Å²) in [7, 11) is 0. The summed E-state index contributed by atoms with van der Waals surface area (Å²) in [5.41, 5.74) is 6.62. The van der Waals surface area contributed by atoms with Crippen LogP contribution in [-0.4, -0.2) is 0 Å². The fourth-order valence-corrected chi connectivity index (χ4v) is 2.86. The van der Waals surface area contributed by atoms with Gasteiger partial charge in [-0.2, -0.15) is 0 Å². The van der Waals surface area contributed by atoms with Gasteiger partial charge < -0.3 is 10.2 Å². The Labute approximate surface area is 88.9 Å². The maximum Gasteiger partial charge on any atom is 0.151 e. The van der Waals surface area contributed by atoms with E-state index in [1.165, 1.54) is 11.3 Å². The quantitative estimate of drug-likeness (QED) is 0.628. The molecule has 0 spiro atoms. The number of rotatable bonds is 0. The number of hydrogen-bond acceptors (Lipinski definition) is 3. The van der Waals surface area contributed by atoms with Crippen LogP contribution >= 0.6 is 22.9 Å². The third-order valence-electron chi connectivity index (χ3n) is 2.24. The third-order valence-corrected chi connectivity index (χ3v) is 3.79. The van der Waals surface area contributed by atoms with Crippen LogP contribution in [0.5, 0.6) is 0 Å². The van der Waals surface area contributed by atoms with Crippen LogP contribution in [0, 0.1) is 0 Å². The zero-order valence-corrected chi connectivity index (χ0v) is 8.65. The zero-order chi connectivity index (χ0) is 9.71. The van der Waals surface area contributed by atoms with Crippen molar-refractivity contribution >= 4 is 49.0 Å². The Hall–Kier alpha value is -1.19. The maximum atomic E-state index is 6.05. The van der Waals surface area contributed by atoms with Crippen LogP contribution < -0.4 is 5.73 Å². The first-order chi connectivity index (χ1) is 6.77. The largest absolute Gasteiger partial charge is 0.463 e. The molecule has 2 aromatic heterocycles. The fraction of sp³-hybridized carbons (Fsp3) is 0. The molecule has 0 atom stereocenters. The molecule has 0 radical (unpaired) electrons. The smallest absolute Gasteiger partial charge is 0.151 e. The first-order valence-electron chi connectivity index (χ1n) is 4.11. The van der Waals surface area contributed by atoms with Gasteiger partial charge in [0.05, 0.1) is 16.0 Å². The second-order valence-corrected chi connectivity index (χ2v) is 4.49. The zero-order valence-electron chi connectivity index (χ0n) is 7.08. The van der Waals surface area contributed by atoms with Crippen molar-refractivity contribution in [1.29, 1.82) is 0 Å². The first-order valence-corrected chi connectivity index (χ1v) is 5.30. The van der Waals surface area contributed by atoms with Gasteiger partial charge in [-0.15, -0.1) is 11.3 Å². The van der Waals surface area contributed by atoms with Crippen LogP contribution in [0.3, 0.4) is 0 Å². The highest BCUT2D eigenvalue weighted by molar-refractivity contribution is 7.24. The highest BCUT2D eigenvalue weighted by Crippen LogP contribution is 2.41. The van der Waals surface area contributed by atoms with Gasteiger partial charge in [0.1, 0.15) is 5.00 Å². The molecule has 14 heavy (non-hydrogen) atoms. The number of thiophene rings is 1. The Bertz CT molecular complexity index is 625. The molecule has 2 nitrogen and oxygen atoms in total.